The Kier molecular flexibility index (Phi) is 2.99. The molecule has 1 aromatic heterocycles. The first-order valence-corrected chi connectivity index (χ1v) is 6.83. The molecule has 19 heavy (non-hydrogen) atoms. The minimum absolute atomic E-state index is 0.714. The quantitative estimate of drug-likeness (QED) is 0.682. The van der Waals surface area contributed by atoms with Crippen molar-refractivity contribution in [2.24, 2.45) is 0 Å². The molecule has 0 saturated heterocycles. The van der Waals surface area contributed by atoms with E-state index >= 15 is 0 Å². The highest BCUT2D eigenvalue weighted by Crippen LogP contribution is 2.33. The summed E-state index contributed by atoms with van der Waals surface area (Å²) in [5, 5.41) is 0.947. The minimum atomic E-state index is 0.714. The molecule has 0 amide bonds. The summed E-state index contributed by atoms with van der Waals surface area (Å²) in [6, 6.07) is 13.9. The number of H-pyrrole nitrogens is 1. The number of hydrogen-bond acceptors (Lipinski definition) is 1. The van der Waals surface area contributed by atoms with Crippen LogP contribution in [0.3, 0.4) is 0 Å². The van der Waals surface area contributed by atoms with Gasteiger partial charge in [-0.1, -0.05) is 36.4 Å². The maximum atomic E-state index is 11.5. The number of aryl methyl sites for hydroxylation is 1. The molecule has 3 heteroatoms. The van der Waals surface area contributed by atoms with E-state index in [0.717, 1.165) is 38.5 Å². The van der Waals surface area contributed by atoms with E-state index in [1.807, 2.05) is 49.4 Å². The van der Waals surface area contributed by atoms with Crippen molar-refractivity contribution in [3.05, 3.63) is 58.1 Å². The van der Waals surface area contributed by atoms with Crippen LogP contribution in [-0.4, -0.2) is 11.3 Å². The van der Waals surface area contributed by atoms with E-state index in [9.17, 15) is 4.79 Å². The van der Waals surface area contributed by atoms with Gasteiger partial charge in [0.2, 0.25) is 0 Å². The molecule has 3 rings (SSSR count). The van der Waals surface area contributed by atoms with Gasteiger partial charge in [-0.15, -0.1) is 0 Å². The van der Waals surface area contributed by atoms with Gasteiger partial charge in [-0.25, -0.2) is 0 Å². The van der Waals surface area contributed by atoms with Crippen LogP contribution in [0.25, 0.3) is 22.2 Å². The molecule has 94 valence electrons. The summed E-state index contributed by atoms with van der Waals surface area (Å²) < 4.78 is 0.966. The van der Waals surface area contributed by atoms with Crippen molar-refractivity contribution in [1.82, 2.24) is 4.98 Å². The minimum Gasteiger partial charge on any atom is -0.353 e. The Morgan fingerprint density at radius 1 is 1.11 bits per heavy atom. The zero-order valence-corrected chi connectivity index (χ0v) is 12.0. The van der Waals surface area contributed by atoms with Crippen LogP contribution in [0.4, 0.5) is 0 Å². The lowest BCUT2D eigenvalue weighted by atomic mass is 10.0. The zero-order chi connectivity index (χ0) is 13.4. The lowest BCUT2D eigenvalue weighted by Crippen LogP contribution is -1.87. The molecule has 0 atom stereocenters. The summed E-state index contributed by atoms with van der Waals surface area (Å²) in [5.74, 6) is 0. The van der Waals surface area contributed by atoms with E-state index in [4.69, 9.17) is 0 Å². The third kappa shape index (κ3) is 1.90. The predicted molar refractivity (Wildman–Crippen MR) is 81.6 cm³/mol. The summed E-state index contributed by atoms with van der Waals surface area (Å²) >= 11 is 3.52. The van der Waals surface area contributed by atoms with Crippen LogP contribution in [0.2, 0.25) is 0 Å². The first-order valence-electron chi connectivity index (χ1n) is 6.03. The molecule has 2 aromatic carbocycles. The summed E-state index contributed by atoms with van der Waals surface area (Å²) in [5.41, 5.74) is 4.77. The molecule has 0 fully saturated rings. The van der Waals surface area contributed by atoms with Gasteiger partial charge in [0.25, 0.3) is 0 Å². The lowest BCUT2D eigenvalue weighted by molar-refractivity contribution is 0.112. The Morgan fingerprint density at radius 2 is 1.89 bits per heavy atom. The van der Waals surface area contributed by atoms with Gasteiger partial charge in [-0.3, -0.25) is 4.79 Å². The largest absolute Gasteiger partial charge is 0.353 e. The molecular weight excluding hydrogens is 302 g/mol. The topological polar surface area (TPSA) is 32.9 Å². The van der Waals surface area contributed by atoms with Crippen LogP contribution in [0, 0.1) is 6.92 Å². The van der Waals surface area contributed by atoms with Gasteiger partial charge in [0, 0.05) is 21.0 Å². The SMILES string of the molecule is Cc1ccccc1-c1[nH]c2c(Br)cccc2c1C=O. The lowest BCUT2D eigenvalue weighted by Gasteiger charge is -2.03. The number of carbonyl (C=O) groups excluding carboxylic acids is 1. The van der Waals surface area contributed by atoms with Crippen molar-refractivity contribution in [2.75, 3.05) is 0 Å². The number of aldehydes is 1. The standard InChI is InChI=1S/C16H12BrNO/c1-10-5-2-3-6-11(10)15-13(9-19)12-7-4-8-14(17)16(12)18-15/h2-9,18H,1H3. The number of benzene rings is 2. The summed E-state index contributed by atoms with van der Waals surface area (Å²) in [6.07, 6.45) is 0.924. The number of fused-ring (bicyclic) bond motifs is 1. The van der Waals surface area contributed by atoms with Crippen molar-refractivity contribution in [2.45, 2.75) is 6.92 Å². The molecule has 2 nitrogen and oxygen atoms in total. The van der Waals surface area contributed by atoms with Gasteiger partial charge in [-0.05, 0) is 34.5 Å². The van der Waals surface area contributed by atoms with Crippen molar-refractivity contribution in [1.29, 1.82) is 0 Å². The van der Waals surface area contributed by atoms with E-state index < -0.39 is 0 Å². The molecule has 0 radical (unpaired) electrons. The Morgan fingerprint density at radius 3 is 2.63 bits per heavy atom. The zero-order valence-electron chi connectivity index (χ0n) is 10.4. The molecule has 3 aromatic rings. The molecule has 0 unspecified atom stereocenters. The second-order valence-electron chi connectivity index (χ2n) is 4.51. The maximum Gasteiger partial charge on any atom is 0.152 e. The fourth-order valence-electron chi connectivity index (χ4n) is 2.39. The van der Waals surface area contributed by atoms with Crippen LogP contribution in [0.15, 0.2) is 46.9 Å². The first kappa shape index (κ1) is 12.2. The number of aromatic nitrogens is 1. The Labute approximate surface area is 119 Å². The number of carbonyl (C=O) groups is 1. The summed E-state index contributed by atoms with van der Waals surface area (Å²) in [4.78, 5) is 14.8. The van der Waals surface area contributed by atoms with Crippen LogP contribution in [-0.2, 0) is 0 Å². The predicted octanol–water partition coefficient (Wildman–Crippen LogP) is 4.72. The number of para-hydroxylation sites is 1. The van der Waals surface area contributed by atoms with Gasteiger partial charge >= 0.3 is 0 Å². The highest BCUT2D eigenvalue weighted by atomic mass is 79.9. The van der Waals surface area contributed by atoms with Gasteiger partial charge in [0.05, 0.1) is 11.2 Å². The summed E-state index contributed by atoms with van der Waals surface area (Å²) in [7, 11) is 0. The van der Waals surface area contributed by atoms with Crippen molar-refractivity contribution in [3.63, 3.8) is 0 Å². The van der Waals surface area contributed by atoms with E-state index in [-0.39, 0.29) is 0 Å². The van der Waals surface area contributed by atoms with Gasteiger partial charge in [0.15, 0.2) is 6.29 Å². The van der Waals surface area contributed by atoms with Crippen molar-refractivity contribution >= 4 is 33.1 Å². The Hall–Kier alpha value is -1.87. The molecule has 0 saturated carbocycles. The molecule has 0 spiro atoms. The highest BCUT2D eigenvalue weighted by molar-refractivity contribution is 9.10. The van der Waals surface area contributed by atoms with E-state index in [2.05, 4.69) is 20.9 Å². The van der Waals surface area contributed by atoms with Crippen LogP contribution in [0.5, 0.6) is 0 Å². The molecule has 0 bridgehead atoms. The van der Waals surface area contributed by atoms with E-state index in [0.29, 0.717) is 5.56 Å². The van der Waals surface area contributed by atoms with Crippen molar-refractivity contribution < 1.29 is 4.79 Å². The first-order chi connectivity index (χ1) is 9.22. The summed E-state index contributed by atoms with van der Waals surface area (Å²) in [6.45, 7) is 2.05. The van der Waals surface area contributed by atoms with Gasteiger partial charge < -0.3 is 4.98 Å². The van der Waals surface area contributed by atoms with Crippen LogP contribution >= 0.6 is 15.9 Å². The van der Waals surface area contributed by atoms with Gasteiger partial charge in [0.1, 0.15) is 0 Å². The van der Waals surface area contributed by atoms with Crippen LogP contribution < -0.4 is 0 Å². The number of halogens is 1. The highest BCUT2D eigenvalue weighted by Gasteiger charge is 2.14. The van der Waals surface area contributed by atoms with E-state index in [1.165, 1.54) is 0 Å². The molecule has 1 N–H and O–H groups in total. The number of rotatable bonds is 2. The average molecular weight is 314 g/mol. The number of nitrogens with one attached hydrogen (secondary N) is 1. The maximum absolute atomic E-state index is 11.5. The Balaban J connectivity index is 2.39. The molecular formula is C16H12BrNO. The molecule has 0 aliphatic carbocycles. The normalized spacial score (nSPS) is 10.8. The van der Waals surface area contributed by atoms with E-state index in [1.54, 1.807) is 0 Å². The second kappa shape index (κ2) is 4.67. The molecule has 0 aliphatic heterocycles. The number of aromatic amines is 1. The fraction of sp³-hybridized carbons (Fsp3) is 0.0625. The molecule has 0 aliphatic rings. The smallest absolute Gasteiger partial charge is 0.152 e. The molecule has 1 heterocycles. The van der Waals surface area contributed by atoms with Crippen molar-refractivity contribution in [3.8, 4) is 11.3 Å². The third-order valence-corrected chi connectivity index (χ3v) is 4.02. The van der Waals surface area contributed by atoms with Crippen LogP contribution in [0.1, 0.15) is 15.9 Å². The monoisotopic (exact) mass is 313 g/mol. The Bertz CT molecular complexity index is 774. The second-order valence-corrected chi connectivity index (χ2v) is 5.36. The third-order valence-electron chi connectivity index (χ3n) is 3.36. The van der Waals surface area contributed by atoms with Gasteiger partial charge in [-0.2, -0.15) is 0 Å². The average Bonchev–Trinajstić information content (AvgIpc) is 2.79. The fourth-order valence-corrected chi connectivity index (χ4v) is 2.86. The number of hydrogen-bond donors (Lipinski definition) is 1.